The second-order valence-corrected chi connectivity index (χ2v) is 15.8. The van der Waals surface area contributed by atoms with Crippen molar-refractivity contribution in [2.75, 3.05) is 19.5 Å². The van der Waals surface area contributed by atoms with Crippen LogP contribution < -0.4 is 5.32 Å². The Labute approximate surface area is 186 Å². The standard InChI is InChI=1S/C21H38N2O5SSi/c1-14(18(24)26-8)11-15-13-29-17(22-15)16(23-19(25)28-20(2,3)4)12-27-30(9,10)21(5,6)7/h11,15-16H,12-13H2,1-10H3,(H,23,25)/b14-11+/t15-,16+/m0/s1. The number of nitrogens with one attached hydrogen (secondary N) is 1. The summed E-state index contributed by atoms with van der Waals surface area (Å²) in [6.07, 6.45) is 1.30. The zero-order valence-electron chi connectivity index (χ0n) is 20.0. The minimum atomic E-state index is -2.01. The molecule has 1 N–H and O–H groups in total. The van der Waals surface area contributed by atoms with Gasteiger partial charge < -0.3 is 19.2 Å². The van der Waals surface area contributed by atoms with E-state index in [0.29, 0.717) is 17.9 Å². The maximum Gasteiger partial charge on any atom is 0.408 e. The van der Waals surface area contributed by atoms with Gasteiger partial charge in [0, 0.05) is 11.3 Å². The van der Waals surface area contributed by atoms with E-state index >= 15 is 0 Å². The van der Waals surface area contributed by atoms with Gasteiger partial charge >= 0.3 is 12.1 Å². The molecular formula is C21H38N2O5SSi. The van der Waals surface area contributed by atoms with Crippen molar-refractivity contribution in [3.8, 4) is 0 Å². The number of thioether (sulfide) groups is 1. The second-order valence-electron chi connectivity index (χ2n) is 9.96. The van der Waals surface area contributed by atoms with Crippen LogP contribution in [0, 0.1) is 0 Å². The number of carbonyl (C=O) groups is 2. The van der Waals surface area contributed by atoms with Gasteiger partial charge in [-0.25, -0.2) is 9.59 Å². The van der Waals surface area contributed by atoms with Gasteiger partial charge in [-0.2, -0.15) is 0 Å². The summed E-state index contributed by atoms with van der Waals surface area (Å²) < 4.78 is 16.5. The normalized spacial score (nSPS) is 19.2. The number of hydrogen-bond donors (Lipinski definition) is 1. The lowest BCUT2D eigenvalue weighted by Crippen LogP contribution is -2.49. The first-order valence-electron chi connectivity index (χ1n) is 10.2. The molecule has 0 bridgehead atoms. The third-order valence-electron chi connectivity index (χ3n) is 5.05. The fourth-order valence-corrected chi connectivity index (χ4v) is 4.40. The molecule has 0 aliphatic carbocycles. The number of alkyl carbamates (subject to hydrolysis) is 1. The lowest BCUT2D eigenvalue weighted by Gasteiger charge is -2.37. The molecule has 0 unspecified atom stereocenters. The maximum atomic E-state index is 12.4. The first-order chi connectivity index (χ1) is 13.6. The van der Waals surface area contributed by atoms with Crippen molar-refractivity contribution < 1.29 is 23.5 Å². The molecule has 0 fully saturated rings. The van der Waals surface area contributed by atoms with Crippen molar-refractivity contribution in [3.63, 3.8) is 0 Å². The van der Waals surface area contributed by atoms with E-state index in [1.165, 1.54) is 7.11 Å². The SMILES string of the molecule is COC(=O)/C(C)=C/[C@H]1CSC([C@@H](CO[Si](C)(C)C(C)(C)C)NC(=O)OC(C)(C)C)=N1. The Morgan fingerprint density at radius 1 is 1.27 bits per heavy atom. The number of rotatable bonds is 7. The van der Waals surface area contributed by atoms with E-state index in [2.05, 4.69) is 39.2 Å². The summed E-state index contributed by atoms with van der Waals surface area (Å²) >= 11 is 1.56. The van der Waals surface area contributed by atoms with Crippen molar-refractivity contribution in [2.24, 2.45) is 4.99 Å². The van der Waals surface area contributed by atoms with Crippen LogP contribution in [0.1, 0.15) is 48.5 Å². The minimum Gasteiger partial charge on any atom is -0.466 e. The Balaban J connectivity index is 3.01. The van der Waals surface area contributed by atoms with Gasteiger partial charge in [0.15, 0.2) is 8.32 Å². The largest absolute Gasteiger partial charge is 0.466 e. The highest BCUT2D eigenvalue weighted by molar-refractivity contribution is 8.14. The van der Waals surface area contributed by atoms with Crippen LogP contribution in [0.25, 0.3) is 0 Å². The van der Waals surface area contributed by atoms with Crippen molar-refractivity contribution in [1.82, 2.24) is 5.32 Å². The van der Waals surface area contributed by atoms with Gasteiger partial charge in [0.05, 0.1) is 24.8 Å². The summed E-state index contributed by atoms with van der Waals surface area (Å²) in [5.41, 5.74) is -0.0788. The number of esters is 1. The van der Waals surface area contributed by atoms with E-state index in [9.17, 15) is 9.59 Å². The predicted molar refractivity (Wildman–Crippen MR) is 126 cm³/mol. The summed E-state index contributed by atoms with van der Waals surface area (Å²) in [7, 11) is -0.651. The van der Waals surface area contributed by atoms with E-state index in [0.717, 1.165) is 5.04 Å². The van der Waals surface area contributed by atoms with Gasteiger partial charge in [-0.15, -0.1) is 11.8 Å². The Morgan fingerprint density at radius 3 is 2.37 bits per heavy atom. The number of ether oxygens (including phenoxy) is 2. The molecule has 1 amide bonds. The van der Waals surface area contributed by atoms with Crippen molar-refractivity contribution >= 4 is 37.2 Å². The number of carbonyl (C=O) groups excluding carboxylic acids is 2. The molecule has 0 aromatic heterocycles. The minimum absolute atomic E-state index is 0.0526. The number of hydrogen-bond acceptors (Lipinski definition) is 7. The molecule has 30 heavy (non-hydrogen) atoms. The Kier molecular flexibility index (Phi) is 9.19. The van der Waals surface area contributed by atoms with Crippen molar-refractivity contribution in [3.05, 3.63) is 11.6 Å². The van der Waals surface area contributed by atoms with E-state index < -0.39 is 26.1 Å². The van der Waals surface area contributed by atoms with Crippen molar-refractivity contribution in [1.29, 1.82) is 0 Å². The van der Waals surface area contributed by atoms with Crippen LogP contribution >= 0.6 is 11.8 Å². The Bertz CT molecular complexity index is 692. The summed E-state index contributed by atoms with van der Waals surface area (Å²) in [5.74, 6) is 0.323. The zero-order valence-corrected chi connectivity index (χ0v) is 21.9. The summed E-state index contributed by atoms with van der Waals surface area (Å²) in [4.78, 5) is 28.8. The van der Waals surface area contributed by atoms with Gasteiger partial charge in [-0.3, -0.25) is 4.99 Å². The molecule has 0 saturated heterocycles. The third-order valence-corrected chi connectivity index (χ3v) is 10.7. The van der Waals surface area contributed by atoms with Gasteiger partial charge in [0.25, 0.3) is 0 Å². The summed E-state index contributed by atoms with van der Waals surface area (Å²) in [5, 5.41) is 3.75. The fraction of sp³-hybridized carbons (Fsp3) is 0.762. The molecule has 2 atom stereocenters. The first kappa shape index (κ1) is 26.7. The molecule has 0 aromatic rings. The van der Waals surface area contributed by atoms with E-state index in [1.807, 2.05) is 20.8 Å². The molecular weight excluding hydrogens is 420 g/mol. The van der Waals surface area contributed by atoms with Gasteiger partial charge in [0.2, 0.25) is 0 Å². The average molecular weight is 459 g/mol. The lowest BCUT2D eigenvalue weighted by atomic mass is 10.2. The molecule has 1 heterocycles. The number of amides is 1. The summed E-state index contributed by atoms with van der Waals surface area (Å²) in [6, 6.07) is -0.560. The molecule has 1 aliphatic heterocycles. The third kappa shape index (κ3) is 8.43. The number of methoxy groups -OCH3 is 1. The highest BCUT2D eigenvalue weighted by Crippen LogP contribution is 2.36. The molecule has 0 radical (unpaired) electrons. The maximum absolute atomic E-state index is 12.4. The van der Waals surface area contributed by atoms with Crippen LogP contribution in [0.2, 0.25) is 18.1 Å². The van der Waals surface area contributed by atoms with Crippen LogP contribution in [0.4, 0.5) is 4.79 Å². The van der Waals surface area contributed by atoms with E-state index in [1.54, 1.807) is 24.8 Å². The van der Waals surface area contributed by atoms with Crippen LogP contribution in [0.15, 0.2) is 16.6 Å². The van der Waals surface area contributed by atoms with Gasteiger partial charge in [0.1, 0.15) is 11.6 Å². The second kappa shape index (κ2) is 10.3. The van der Waals surface area contributed by atoms with E-state index in [4.69, 9.17) is 18.9 Å². The highest BCUT2D eigenvalue weighted by atomic mass is 32.2. The number of nitrogens with zero attached hydrogens (tertiary/aromatic N) is 1. The van der Waals surface area contributed by atoms with Crippen molar-refractivity contribution in [2.45, 2.75) is 84.3 Å². The van der Waals surface area contributed by atoms with Crippen LogP contribution in [0.3, 0.4) is 0 Å². The molecule has 0 spiro atoms. The quantitative estimate of drug-likeness (QED) is 0.342. The summed E-state index contributed by atoms with van der Waals surface area (Å²) in [6.45, 7) is 18.4. The van der Waals surface area contributed by atoms with Gasteiger partial charge in [-0.1, -0.05) is 20.8 Å². The topological polar surface area (TPSA) is 86.2 Å². The monoisotopic (exact) mass is 458 g/mol. The predicted octanol–water partition coefficient (Wildman–Crippen LogP) is 4.53. The molecule has 9 heteroatoms. The van der Waals surface area contributed by atoms with E-state index in [-0.39, 0.29) is 17.0 Å². The van der Waals surface area contributed by atoms with Crippen LogP contribution in [-0.4, -0.2) is 62.6 Å². The molecule has 0 aromatic carbocycles. The van der Waals surface area contributed by atoms with Crippen LogP contribution in [0.5, 0.6) is 0 Å². The van der Waals surface area contributed by atoms with Crippen LogP contribution in [-0.2, 0) is 18.7 Å². The molecule has 1 aliphatic rings. The van der Waals surface area contributed by atoms with Gasteiger partial charge in [-0.05, 0) is 51.9 Å². The Hall–Kier alpha value is -1.32. The molecule has 7 nitrogen and oxygen atoms in total. The zero-order chi connectivity index (χ0) is 23.3. The smallest absolute Gasteiger partial charge is 0.408 e. The molecule has 172 valence electrons. The number of aliphatic imine (C=N–C) groups is 1. The molecule has 1 rings (SSSR count). The average Bonchev–Trinajstić information content (AvgIpc) is 3.03. The Morgan fingerprint density at radius 2 is 1.87 bits per heavy atom. The highest BCUT2D eigenvalue weighted by Gasteiger charge is 2.39. The lowest BCUT2D eigenvalue weighted by molar-refractivity contribution is -0.136. The molecule has 0 saturated carbocycles. The fourth-order valence-electron chi connectivity index (χ4n) is 2.33. The first-order valence-corrected chi connectivity index (χ1v) is 14.1.